The molecule has 26 heavy (non-hydrogen) atoms. The molecule has 2 aromatic rings. The van der Waals surface area contributed by atoms with Crippen molar-refractivity contribution < 1.29 is 13.2 Å². The summed E-state index contributed by atoms with van der Waals surface area (Å²) in [4.78, 5) is 12.8. The molecule has 0 radical (unpaired) electrons. The van der Waals surface area contributed by atoms with Crippen molar-refractivity contribution in [2.24, 2.45) is 0 Å². The summed E-state index contributed by atoms with van der Waals surface area (Å²) in [5.74, 6) is -0.484. The van der Waals surface area contributed by atoms with E-state index in [9.17, 15) is 13.2 Å². The molecular weight excluding hydrogens is 395 g/mol. The SMILES string of the molecule is CC[C@H](C(=O)Nc1cc(Cl)ccc1Cl)N(c1ccc(C)cc1)S(C)(=O)=O. The second-order valence-electron chi connectivity index (χ2n) is 5.93. The quantitative estimate of drug-likeness (QED) is 0.756. The second kappa shape index (κ2) is 8.29. The Kier molecular flexibility index (Phi) is 6.55. The Morgan fingerprint density at radius 1 is 1.15 bits per heavy atom. The lowest BCUT2D eigenvalue weighted by Gasteiger charge is -2.30. The summed E-state index contributed by atoms with van der Waals surface area (Å²) in [6.45, 7) is 3.65. The molecule has 8 heteroatoms. The third-order valence-corrected chi connectivity index (χ3v) is 5.55. The number of rotatable bonds is 6. The Hall–Kier alpha value is -1.76. The van der Waals surface area contributed by atoms with Gasteiger partial charge in [0.2, 0.25) is 15.9 Å². The van der Waals surface area contributed by atoms with Crippen LogP contribution in [-0.4, -0.2) is 26.6 Å². The van der Waals surface area contributed by atoms with E-state index in [-0.39, 0.29) is 6.42 Å². The van der Waals surface area contributed by atoms with E-state index in [2.05, 4.69) is 5.32 Å². The maximum Gasteiger partial charge on any atom is 0.248 e. The highest BCUT2D eigenvalue weighted by molar-refractivity contribution is 7.92. The van der Waals surface area contributed by atoms with Gasteiger partial charge in [-0.15, -0.1) is 0 Å². The number of hydrogen-bond acceptors (Lipinski definition) is 3. The highest BCUT2D eigenvalue weighted by Gasteiger charge is 2.31. The van der Waals surface area contributed by atoms with E-state index in [0.717, 1.165) is 16.1 Å². The lowest BCUT2D eigenvalue weighted by atomic mass is 10.1. The molecule has 0 aromatic heterocycles. The number of aryl methyl sites for hydroxylation is 1. The van der Waals surface area contributed by atoms with E-state index in [4.69, 9.17) is 23.2 Å². The van der Waals surface area contributed by atoms with Crippen LogP contribution in [0.3, 0.4) is 0 Å². The van der Waals surface area contributed by atoms with E-state index in [1.165, 1.54) is 6.07 Å². The van der Waals surface area contributed by atoms with Crippen molar-refractivity contribution in [3.8, 4) is 0 Å². The number of halogens is 2. The molecule has 2 aromatic carbocycles. The molecule has 1 N–H and O–H groups in total. The first-order chi connectivity index (χ1) is 12.1. The fraction of sp³-hybridized carbons (Fsp3) is 0.278. The maximum absolute atomic E-state index is 12.8. The number of amides is 1. The first-order valence-electron chi connectivity index (χ1n) is 7.95. The number of sulfonamides is 1. The molecule has 0 aliphatic rings. The average molecular weight is 415 g/mol. The molecule has 2 rings (SSSR count). The Bertz CT molecular complexity index is 899. The molecule has 0 unspecified atom stereocenters. The van der Waals surface area contributed by atoms with Gasteiger partial charge in [-0.25, -0.2) is 8.42 Å². The Morgan fingerprint density at radius 2 is 1.77 bits per heavy atom. The molecule has 0 saturated heterocycles. The third kappa shape index (κ3) is 4.90. The number of nitrogens with zero attached hydrogens (tertiary/aromatic N) is 1. The minimum atomic E-state index is -3.68. The van der Waals surface area contributed by atoms with Crippen molar-refractivity contribution in [3.05, 3.63) is 58.1 Å². The molecule has 1 atom stereocenters. The molecular formula is C18H20Cl2N2O3S. The average Bonchev–Trinajstić information content (AvgIpc) is 2.56. The lowest BCUT2D eigenvalue weighted by Crippen LogP contribution is -2.47. The van der Waals surface area contributed by atoms with E-state index in [0.29, 0.717) is 21.4 Å². The van der Waals surface area contributed by atoms with Crippen LogP contribution in [0.2, 0.25) is 10.0 Å². The first-order valence-corrected chi connectivity index (χ1v) is 10.6. The molecule has 0 aliphatic carbocycles. The summed E-state index contributed by atoms with van der Waals surface area (Å²) < 4.78 is 25.9. The number of carbonyl (C=O) groups excluding carboxylic acids is 1. The number of anilines is 2. The van der Waals surface area contributed by atoms with Crippen LogP contribution in [0.5, 0.6) is 0 Å². The highest BCUT2D eigenvalue weighted by atomic mass is 35.5. The van der Waals surface area contributed by atoms with E-state index < -0.39 is 22.0 Å². The molecule has 1 amide bonds. The molecule has 0 saturated carbocycles. The molecule has 0 bridgehead atoms. The van der Waals surface area contributed by atoms with Crippen molar-refractivity contribution in [2.75, 3.05) is 15.9 Å². The van der Waals surface area contributed by atoms with Crippen LogP contribution in [0.1, 0.15) is 18.9 Å². The Labute approximate surface area is 164 Å². The third-order valence-electron chi connectivity index (χ3n) is 3.80. The number of hydrogen-bond donors (Lipinski definition) is 1. The molecule has 140 valence electrons. The topological polar surface area (TPSA) is 66.5 Å². The summed E-state index contributed by atoms with van der Waals surface area (Å²) >= 11 is 12.0. The van der Waals surface area contributed by atoms with Gasteiger partial charge in [-0.1, -0.05) is 47.8 Å². The van der Waals surface area contributed by atoms with Gasteiger partial charge in [-0.2, -0.15) is 0 Å². The minimum absolute atomic E-state index is 0.283. The van der Waals surface area contributed by atoms with Gasteiger partial charge in [-0.05, 0) is 43.7 Å². The van der Waals surface area contributed by atoms with Crippen molar-refractivity contribution in [3.63, 3.8) is 0 Å². The summed E-state index contributed by atoms with van der Waals surface area (Å²) in [5.41, 5.74) is 1.75. The second-order valence-corrected chi connectivity index (χ2v) is 8.63. The molecule has 5 nitrogen and oxygen atoms in total. The first kappa shape index (κ1) is 20.6. The largest absolute Gasteiger partial charge is 0.323 e. The fourth-order valence-corrected chi connectivity index (χ4v) is 4.11. The van der Waals surface area contributed by atoms with Gasteiger partial charge in [0, 0.05) is 5.02 Å². The van der Waals surface area contributed by atoms with Crippen molar-refractivity contribution in [1.82, 2.24) is 0 Å². The van der Waals surface area contributed by atoms with Crippen LogP contribution in [0, 0.1) is 6.92 Å². The van der Waals surface area contributed by atoms with Crippen LogP contribution in [0.4, 0.5) is 11.4 Å². The summed E-state index contributed by atoms with van der Waals surface area (Å²) in [6, 6.07) is 10.7. The van der Waals surface area contributed by atoms with Gasteiger partial charge in [0.15, 0.2) is 0 Å². The lowest BCUT2D eigenvalue weighted by molar-refractivity contribution is -0.117. The minimum Gasteiger partial charge on any atom is -0.323 e. The fourth-order valence-electron chi connectivity index (χ4n) is 2.56. The van der Waals surface area contributed by atoms with Crippen molar-refractivity contribution in [2.45, 2.75) is 26.3 Å². The number of benzene rings is 2. The van der Waals surface area contributed by atoms with Crippen LogP contribution in [0.15, 0.2) is 42.5 Å². The zero-order chi connectivity index (χ0) is 19.5. The predicted octanol–water partition coefficient (Wildman–Crippen LogP) is 4.49. The summed E-state index contributed by atoms with van der Waals surface area (Å²) in [7, 11) is -3.68. The van der Waals surface area contributed by atoms with E-state index >= 15 is 0 Å². The Balaban J connectivity index is 2.39. The van der Waals surface area contributed by atoms with E-state index in [1.807, 2.05) is 6.92 Å². The number of carbonyl (C=O) groups is 1. The zero-order valence-electron chi connectivity index (χ0n) is 14.7. The summed E-state index contributed by atoms with van der Waals surface area (Å²) in [6.07, 6.45) is 1.36. The standard InChI is InChI=1S/C18H20Cl2N2O3S/c1-4-17(18(23)21-16-11-13(19)7-10-15(16)20)22(26(3,24)25)14-8-5-12(2)6-9-14/h5-11,17H,4H2,1-3H3,(H,21,23)/t17-/m1/s1. The van der Waals surface area contributed by atoms with Gasteiger partial charge in [0.25, 0.3) is 0 Å². The molecule has 0 fully saturated rings. The zero-order valence-corrected chi connectivity index (χ0v) is 17.0. The predicted molar refractivity (Wildman–Crippen MR) is 108 cm³/mol. The van der Waals surface area contributed by atoms with Crippen LogP contribution >= 0.6 is 23.2 Å². The normalized spacial score (nSPS) is 12.5. The molecule has 0 heterocycles. The maximum atomic E-state index is 12.8. The number of nitrogens with one attached hydrogen (secondary N) is 1. The van der Waals surface area contributed by atoms with Crippen molar-refractivity contribution in [1.29, 1.82) is 0 Å². The van der Waals surface area contributed by atoms with Gasteiger partial charge in [-0.3, -0.25) is 9.10 Å². The Morgan fingerprint density at radius 3 is 2.31 bits per heavy atom. The summed E-state index contributed by atoms with van der Waals surface area (Å²) in [5, 5.41) is 3.41. The van der Waals surface area contributed by atoms with E-state index in [1.54, 1.807) is 43.3 Å². The van der Waals surface area contributed by atoms with Gasteiger partial charge >= 0.3 is 0 Å². The molecule has 0 aliphatic heterocycles. The van der Waals surface area contributed by atoms with Crippen molar-refractivity contribution >= 4 is 50.5 Å². The smallest absolute Gasteiger partial charge is 0.248 e. The van der Waals surface area contributed by atoms with Gasteiger partial charge in [0.1, 0.15) is 6.04 Å². The molecule has 0 spiro atoms. The van der Waals surface area contributed by atoms with Crippen LogP contribution in [-0.2, 0) is 14.8 Å². The monoisotopic (exact) mass is 414 g/mol. The highest BCUT2D eigenvalue weighted by Crippen LogP contribution is 2.28. The van der Waals surface area contributed by atoms with Crippen LogP contribution in [0.25, 0.3) is 0 Å². The van der Waals surface area contributed by atoms with Crippen LogP contribution < -0.4 is 9.62 Å². The van der Waals surface area contributed by atoms with Gasteiger partial charge in [0.05, 0.1) is 22.7 Å². The van der Waals surface area contributed by atoms with Gasteiger partial charge < -0.3 is 5.32 Å².